The molecule has 0 aromatic heterocycles. The van der Waals surface area contributed by atoms with E-state index in [4.69, 9.17) is 0 Å². The summed E-state index contributed by atoms with van der Waals surface area (Å²) in [6.45, 7) is 40.4. The van der Waals surface area contributed by atoms with Crippen molar-refractivity contribution in [2.75, 3.05) is 0 Å². The predicted octanol–water partition coefficient (Wildman–Crippen LogP) is 16.3. The zero-order chi connectivity index (χ0) is 36.2. The van der Waals surface area contributed by atoms with Gasteiger partial charge in [0.1, 0.15) is 0 Å². The molecule has 283 valence electrons. The fourth-order valence-electron chi connectivity index (χ4n) is 14.8. The molecule has 0 aromatic rings. The summed E-state index contributed by atoms with van der Waals surface area (Å²) in [6.07, 6.45) is 28.4. The van der Waals surface area contributed by atoms with Crippen LogP contribution in [0.15, 0.2) is 0 Å². The number of hydrogen-bond donors (Lipinski definition) is 0. The van der Waals surface area contributed by atoms with Crippen LogP contribution in [0.4, 0.5) is 0 Å². The Kier molecular flexibility index (Phi) is 14.8. The van der Waals surface area contributed by atoms with Crippen LogP contribution < -0.4 is 0 Å². The maximum Gasteiger partial charge on any atom is -0.0119 e. The van der Waals surface area contributed by atoms with E-state index in [1.807, 2.05) is 0 Å². The molecule has 0 bridgehead atoms. The molecule has 3 saturated carbocycles. The van der Waals surface area contributed by atoms with E-state index in [1.54, 1.807) is 0 Å². The molecule has 6 unspecified atom stereocenters. The van der Waals surface area contributed by atoms with Crippen molar-refractivity contribution in [1.29, 1.82) is 0 Å². The summed E-state index contributed by atoms with van der Waals surface area (Å²) in [4.78, 5) is 0. The van der Waals surface area contributed by atoms with Crippen LogP contribution in [-0.4, -0.2) is 0 Å². The van der Waals surface area contributed by atoms with Gasteiger partial charge in [0.2, 0.25) is 0 Å². The molecule has 1 radical (unpaired) electrons. The van der Waals surface area contributed by atoms with Gasteiger partial charge in [0.15, 0.2) is 0 Å². The van der Waals surface area contributed by atoms with Crippen molar-refractivity contribution in [3.05, 3.63) is 5.92 Å². The molecular formula is C48H91. The Hall–Kier alpha value is 0. The van der Waals surface area contributed by atoms with Gasteiger partial charge in [-0.1, -0.05) is 174 Å². The van der Waals surface area contributed by atoms with E-state index in [0.29, 0.717) is 22.7 Å². The van der Waals surface area contributed by atoms with Gasteiger partial charge in [-0.25, -0.2) is 0 Å². The molecule has 0 amide bonds. The summed E-state index contributed by atoms with van der Waals surface area (Å²) >= 11 is 0. The van der Waals surface area contributed by atoms with Gasteiger partial charge in [0.05, 0.1) is 0 Å². The number of hydrogen-bond acceptors (Lipinski definition) is 0. The van der Waals surface area contributed by atoms with Crippen LogP contribution in [0.1, 0.15) is 232 Å². The minimum Gasteiger partial charge on any atom is -0.0654 e. The maximum atomic E-state index is 2.84. The molecule has 3 fully saturated rings. The van der Waals surface area contributed by atoms with Gasteiger partial charge < -0.3 is 0 Å². The average Bonchev–Trinajstić information content (AvgIpc) is 3.56. The van der Waals surface area contributed by atoms with Crippen LogP contribution in [0.5, 0.6) is 0 Å². The van der Waals surface area contributed by atoms with Gasteiger partial charge in [-0.2, -0.15) is 0 Å². The van der Waals surface area contributed by atoms with Gasteiger partial charge in [0.25, 0.3) is 0 Å². The SMILES string of the molecule is CCCCC1(C(C)CC)C(CCC)(C(C)C)C(C)C[C](C2CCCCC2)C(CC(C)(C)CC)(C2CCCC2)C1(CCC(C)C)C(C)(C)C. The lowest BCUT2D eigenvalue weighted by atomic mass is 9.27. The molecule has 0 spiro atoms. The van der Waals surface area contributed by atoms with Gasteiger partial charge in [-0.15, -0.1) is 0 Å². The predicted molar refractivity (Wildman–Crippen MR) is 216 cm³/mol. The Morgan fingerprint density at radius 1 is 0.729 bits per heavy atom. The van der Waals surface area contributed by atoms with Crippen molar-refractivity contribution in [1.82, 2.24) is 0 Å². The molecule has 0 N–H and O–H groups in total. The quantitative estimate of drug-likeness (QED) is 0.144. The van der Waals surface area contributed by atoms with Gasteiger partial charge in [0, 0.05) is 0 Å². The summed E-state index contributed by atoms with van der Waals surface area (Å²) < 4.78 is 0. The van der Waals surface area contributed by atoms with Gasteiger partial charge in [-0.05, 0) is 132 Å². The first-order valence-electron chi connectivity index (χ1n) is 22.3. The van der Waals surface area contributed by atoms with Crippen molar-refractivity contribution < 1.29 is 0 Å². The van der Waals surface area contributed by atoms with E-state index in [0.717, 1.165) is 23.7 Å². The van der Waals surface area contributed by atoms with Gasteiger partial charge in [-0.3, -0.25) is 0 Å². The van der Waals surface area contributed by atoms with E-state index in [9.17, 15) is 0 Å². The summed E-state index contributed by atoms with van der Waals surface area (Å²) in [7, 11) is 0. The second-order valence-corrected chi connectivity index (χ2v) is 21.0. The monoisotopic (exact) mass is 668 g/mol. The zero-order valence-corrected chi connectivity index (χ0v) is 36.1. The molecule has 3 aliphatic rings. The lowest BCUT2D eigenvalue weighted by Gasteiger charge is -2.77. The maximum absolute atomic E-state index is 2.84. The highest BCUT2D eigenvalue weighted by Crippen LogP contribution is 2.85. The highest BCUT2D eigenvalue weighted by Gasteiger charge is 2.78. The third kappa shape index (κ3) is 7.04. The normalized spacial score (nSPS) is 34.3. The largest absolute Gasteiger partial charge is 0.0654 e. The van der Waals surface area contributed by atoms with Crippen LogP contribution in [0, 0.1) is 73.9 Å². The van der Waals surface area contributed by atoms with E-state index in [1.165, 1.54) is 128 Å². The molecule has 48 heavy (non-hydrogen) atoms. The number of unbranched alkanes of at least 4 members (excludes halogenated alkanes) is 1. The lowest BCUT2D eigenvalue weighted by molar-refractivity contribution is -0.279. The molecule has 0 aromatic carbocycles. The summed E-state index contributed by atoms with van der Waals surface area (Å²) in [5.41, 5.74) is 1.66. The molecule has 0 saturated heterocycles. The first-order chi connectivity index (χ1) is 22.5. The Morgan fingerprint density at radius 2 is 1.31 bits per heavy atom. The molecular weight excluding hydrogens is 577 g/mol. The van der Waals surface area contributed by atoms with Crippen LogP contribution in [0.2, 0.25) is 0 Å². The molecule has 0 aliphatic heterocycles. The van der Waals surface area contributed by atoms with E-state index < -0.39 is 0 Å². The Balaban J connectivity index is 2.83. The zero-order valence-electron chi connectivity index (χ0n) is 36.1. The standard InChI is InChI=1S/C48H91/c1-16-20-32-47(38(9)18-3)45(31-17-2,37(7)8)39(10)34-42(40-26-22-21-23-27-40)46(35-44(14,15)19-4,41-28-24-25-29-41)48(47,43(11,12)13)33-30-36(5)6/h36-41H,16-35H2,1-15H3. The summed E-state index contributed by atoms with van der Waals surface area (Å²) in [6, 6.07) is 0. The minimum atomic E-state index is 0.198. The van der Waals surface area contributed by atoms with E-state index in [2.05, 4.69) is 110 Å². The second kappa shape index (κ2) is 16.8. The lowest BCUT2D eigenvalue weighted by Crippen LogP contribution is -2.71. The highest BCUT2D eigenvalue weighted by molar-refractivity contribution is 5.33. The Bertz CT molecular complexity index is 936. The Morgan fingerprint density at radius 3 is 1.77 bits per heavy atom. The third-order valence-corrected chi connectivity index (χ3v) is 16.6. The molecule has 0 heteroatoms. The van der Waals surface area contributed by atoms with Crippen molar-refractivity contribution in [3.8, 4) is 0 Å². The van der Waals surface area contributed by atoms with E-state index >= 15 is 0 Å². The number of rotatable bonds is 16. The average molecular weight is 668 g/mol. The molecule has 3 aliphatic carbocycles. The molecule has 0 nitrogen and oxygen atoms in total. The molecule has 6 atom stereocenters. The molecule has 0 heterocycles. The fraction of sp³-hybridized carbons (Fsp3) is 0.979. The summed E-state index contributed by atoms with van der Waals surface area (Å²) in [5.74, 6) is 6.71. The van der Waals surface area contributed by atoms with Crippen molar-refractivity contribution in [2.45, 2.75) is 232 Å². The van der Waals surface area contributed by atoms with Crippen LogP contribution >= 0.6 is 0 Å². The van der Waals surface area contributed by atoms with Crippen molar-refractivity contribution >= 4 is 0 Å². The third-order valence-electron chi connectivity index (χ3n) is 16.6. The van der Waals surface area contributed by atoms with Crippen LogP contribution in [0.25, 0.3) is 0 Å². The van der Waals surface area contributed by atoms with Crippen LogP contribution in [-0.2, 0) is 0 Å². The molecule has 3 rings (SSSR count). The van der Waals surface area contributed by atoms with Crippen molar-refractivity contribution in [2.24, 2.45) is 68.0 Å². The fourth-order valence-corrected chi connectivity index (χ4v) is 14.8. The van der Waals surface area contributed by atoms with Crippen molar-refractivity contribution in [3.63, 3.8) is 0 Å². The second-order valence-electron chi connectivity index (χ2n) is 21.0. The van der Waals surface area contributed by atoms with Gasteiger partial charge >= 0.3 is 0 Å². The van der Waals surface area contributed by atoms with E-state index in [-0.39, 0.29) is 21.7 Å². The van der Waals surface area contributed by atoms with Crippen LogP contribution in [0.3, 0.4) is 0 Å². The smallest absolute Gasteiger partial charge is 0.0119 e. The highest BCUT2D eigenvalue weighted by atomic mass is 14.8. The summed E-state index contributed by atoms with van der Waals surface area (Å²) in [5, 5.41) is 0. The minimum absolute atomic E-state index is 0.198. The topological polar surface area (TPSA) is 0 Å². The first-order valence-corrected chi connectivity index (χ1v) is 22.3. The first kappa shape index (κ1) is 42.4. The Labute approximate surface area is 305 Å².